The summed E-state index contributed by atoms with van der Waals surface area (Å²) in [6, 6.07) is 14.8. The van der Waals surface area contributed by atoms with Crippen molar-refractivity contribution in [2.45, 2.75) is 26.3 Å². The molecular weight excluding hydrogens is 376 g/mol. The van der Waals surface area contributed by atoms with E-state index < -0.39 is 10.0 Å². The fourth-order valence-electron chi connectivity index (χ4n) is 3.26. The average molecular weight is 403 g/mol. The first-order valence-corrected chi connectivity index (χ1v) is 11.2. The summed E-state index contributed by atoms with van der Waals surface area (Å²) in [5.41, 5.74) is 2.82. The quantitative estimate of drug-likeness (QED) is 0.689. The summed E-state index contributed by atoms with van der Waals surface area (Å²) >= 11 is 0. The molecule has 1 N–H and O–H groups in total. The van der Waals surface area contributed by atoms with Crippen LogP contribution in [0.1, 0.15) is 34.8 Å². The zero-order valence-electron chi connectivity index (χ0n) is 16.1. The topological polar surface area (TPSA) is 75.7 Å². The van der Waals surface area contributed by atoms with Gasteiger partial charge in [0.25, 0.3) is 5.91 Å². The van der Waals surface area contributed by atoms with E-state index in [1.165, 1.54) is 5.56 Å². The Balaban J connectivity index is 1.46. The molecule has 7 heteroatoms. The molecule has 0 fully saturated rings. The minimum atomic E-state index is -3.34. The third kappa shape index (κ3) is 5.11. The molecule has 6 nitrogen and oxygen atoms in total. The summed E-state index contributed by atoms with van der Waals surface area (Å²) in [6.45, 7) is 3.73. The second kappa shape index (κ2) is 9.21. The number of hydrogen-bond donors (Lipinski definition) is 1. The number of fused-ring (bicyclic) bond motifs is 1. The molecule has 1 heterocycles. The van der Waals surface area contributed by atoms with E-state index >= 15 is 0 Å². The van der Waals surface area contributed by atoms with Gasteiger partial charge >= 0.3 is 0 Å². The number of carbonyl (C=O) groups excluding carboxylic acids is 1. The number of nitrogens with zero attached hydrogens (tertiary/aromatic N) is 1. The molecule has 2 aromatic carbocycles. The lowest BCUT2D eigenvalue weighted by Gasteiger charge is -2.28. The minimum absolute atomic E-state index is 0.0265. The van der Waals surface area contributed by atoms with Crippen LogP contribution in [0.25, 0.3) is 0 Å². The number of ether oxygens (including phenoxy) is 1. The molecule has 0 saturated heterocycles. The predicted octanol–water partition coefficient (Wildman–Crippen LogP) is 2.59. The molecule has 1 aliphatic rings. The zero-order chi connectivity index (χ0) is 20.0. The molecule has 0 aromatic heterocycles. The minimum Gasteiger partial charge on any atom is -0.494 e. The summed E-state index contributed by atoms with van der Waals surface area (Å²) in [4.78, 5) is 12.2. The Kier molecular flexibility index (Phi) is 6.70. The second-order valence-electron chi connectivity index (χ2n) is 6.74. The lowest BCUT2D eigenvalue weighted by atomic mass is 10.0. The van der Waals surface area contributed by atoms with E-state index in [1.807, 2.05) is 25.1 Å². The monoisotopic (exact) mass is 402 g/mol. The highest BCUT2D eigenvalue weighted by atomic mass is 32.2. The van der Waals surface area contributed by atoms with Crippen LogP contribution >= 0.6 is 0 Å². The number of carbonyl (C=O) groups is 1. The van der Waals surface area contributed by atoms with Gasteiger partial charge in [-0.25, -0.2) is 8.42 Å². The Hall–Kier alpha value is -2.38. The maximum absolute atomic E-state index is 12.6. The summed E-state index contributed by atoms with van der Waals surface area (Å²) in [5, 5.41) is 2.78. The van der Waals surface area contributed by atoms with Crippen LogP contribution in [-0.2, 0) is 23.0 Å². The number of benzene rings is 2. The van der Waals surface area contributed by atoms with Gasteiger partial charge in [0.05, 0.1) is 12.4 Å². The summed E-state index contributed by atoms with van der Waals surface area (Å²) in [5.74, 6) is 0.527. The number of amides is 1. The second-order valence-corrected chi connectivity index (χ2v) is 8.82. The Morgan fingerprint density at radius 1 is 1.11 bits per heavy atom. The molecule has 0 aliphatic carbocycles. The number of sulfonamides is 1. The zero-order valence-corrected chi connectivity index (χ0v) is 16.9. The van der Waals surface area contributed by atoms with E-state index in [1.54, 1.807) is 28.6 Å². The molecular formula is C21H26N2O4S. The van der Waals surface area contributed by atoms with Crippen LogP contribution in [0.5, 0.6) is 5.75 Å². The highest BCUT2D eigenvalue weighted by Crippen LogP contribution is 2.21. The van der Waals surface area contributed by atoms with Crippen LogP contribution in [0.3, 0.4) is 0 Å². The van der Waals surface area contributed by atoms with E-state index in [0.29, 0.717) is 44.0 Å². The van der Waals surface area contributed by atoms with Gasteiger partial charge in [0.2, 0.25) is 10.0 Å². The normalized spacial score (nSPS) is 14.3. The van der Waals surface area contributed by atoms with E-state index in [9.17, 15) is 13.2 Å². The van der Waals surface area contributed by atoms with Crippen molar-refractivity contribution in [2.24, 2.45) is 0 Å². The molecule has 0 saturated carbocycles. The summed E-state index contributed by atoms with van der Waals surface area (Å²) in [6.07, 6.45) is 1.12. The lowest BCUT2D eigenvalue weighted by molar-refractivity contribution is 0.0953. The fourth-order valence-corrected chi connectivity index (χ4v) is 4.74. The van der Waals surface area contributed by atoms with Crippen molar-refractivity contribution in [1.82, 2.24) is 9.62 Å². The van der Waals surface area contributed by atoms with Crippen LogP contribution in [-0.4, -0.2) is 44.1 Å². The molecule has 0 atom stereocenters. The van der Waals surface area contributed by atoms with Gasteiger partial charge < -0.3 is 10.1 Å². The van der Waals surface area contributed by atoms with Crippen LogP contribution < -0.4 is 10.1 Å². The van der Waals surface area contributed by atoms with Gasteiger partial charge in [-0.3, -0.25) is 4.79 Å². The SMILES string of the molecule is CCOc1ccc(C(=O)NCCCS(=O)(=O)N2CCc3ccccc3C2)cc1. The van der Waals surface area contributed by atoms with Crippen molar-refractivity contribution >= 4 is 15.9 Å². The highest BCUT2D eigenvalue weighted by molar-refractivity contribution is 7.89. The van der Waals surface area contributed by atoms with Gasteiger partial charge in [0.1, 0.15) is 5.75 Å². The molecule has 28 heavy (non-hydrogen) atoms. The van der Waals surface area contributed by atoms with Crippen LogP contribution in [0.4, 0.5) is 0 Å². The third-order valence-electron chi connectivity index (χ3n) is 4.78. The van der Waals surface area contributed by atoms with E-state index in [4.69, 9.17) is 4.74 Å². The van der Waals surface area contributed by atoms with Gasteiger partial charge in [-0.2, -0.15) is 4.31 Å². The van der Waals surface area contributed by atoms with Gasteiger partial charge in [-0.15, -0.1) is 0 Å². The maximum Gasteiger partial charge on any atom is 0.251 e. The fraction of sp³-hybridized carbons (Fsp3) is 0.381. The average Bonchev–Trinajstić information content (AvgIpc) is 2.71. The van der Waals surface area contributed by atoms with Crippen molar-refractivity contribution in [3.05, 3.63) is 65.2 Å². The van der Waals surface area contributed by atoms with E-state index in [0.717, 1.165) is 12.0 Å². The lowest BCUT2D eigenvalue weighted by Crippen LogP contribution is -2.38. The smallest absolute Gasteiger partial charge is 0.251 e. The number of hydrogen-bond acceptors (Lipinski definition) is 4. The molecule has 1 aliphatic heterocycles. The number of rotatable bonds is 8. The van der Waals surface area contributed by atoms with Crippen LogP contribution in [0.15, 0.2) is 48.5 Å². The molecule has 0 spiro atoms. The summed E-state index contributed by atoms with van der Waals surface area (Å²) < 4.78 is 32.1. The van der Waals surface area contributed by atoms with Crippen molar-refractivity contribution < 1.29 is 17.9 Å². The first-order chi connectivity index (χ1) is 13.5. The van der Waals surface area contributed by atoms with Gasteiger partial charge in [0, 0.05) is 25.2 Å². The first kappa shape index (κ1) is 20.4. The molecule has 0 radical (unpaired) electrons. The van der Waals surface area contributed by atoms with Crippen molar-refractivity contribution in [1.29, 1.82) is 0 Å². The molecule has 3 rings (SSSR count). The van der Waals surface area contributed by atoms with E-state index in [-0.39, 0.29) is 11.7 Å². The predicted molar refractivity (Wildman–Crippen MR) is 109 cm³/mol. The van der Waals surface area contributed by atoms with Gasteiger partial charge in [0.15, 0.2) is 0 Å². The Bertz CT molecular complexity index is 910. The molecule has 1 amide bonds. The van der Waals surface area contributed by atoms with Crippen molar-refractivity contribution in [3.8, 4) is 5.75 Å². The van der Waals surface area contributed by atoms with Crippen molar-refractivity contribution in [3.63, 3.8) is 0 Å². The maximum atomic E-state index is 12.6. The molecule has 150 valence electrons. The van der Waals surface area contributed by atoms with Crippen molar-refractivity contribution in [2.75, 3.05) is 25.4 Å². The van der Waals surface area contributed by atoms with Gasteiger partial charge in [-0.05, 0) is 55.2 Å². The molecule has 0 unspecified atom stereocenters. The van der Waals surface area contributed by atoms with Crippen LogP contribution in [0, 0.1) is 0 Å². The standard InChI is InChI=1S/C21H26N2O4S/c1-2-27-20-10-8-18(9-11-20)21(24)22-13-5-15-28(25,26)23-14-12-17-6-3-4-7-19(17)16-23/h3-4,6-11H,2,5,12-16H2,1H3,(H,22,24). The Labute approximate surface area is 166 Å². The number of nitrogens with one attached hydrogen (secondary N) is 1. The summed E-state index contributed by atoms with van der Waals surface area (Å²) in [7, 11) is -3.34. The first-order valence-electron chi connectivity index (χ1n) is 9.55. The molecule has 2 aromatic rings. The Morgan fingerprint density at radius 2 is 1.82 bits per heavy atom. The highest BCUT2D eigenvalue weighted by Gasteiger charge is 2.26. The molecule has 0 bridgehead atoms. The third-order valence-corrected chi connectivity index (χ3v) is 6.68. The van der Waals surface area contributed by atoms with Crippen LogP contribution in [0.2, 0.25) is 0 Å². The van der Waals surface area contributed by atoms with Gasteiger partial charge in [-0.1, -0.05) is 24.3 Å². The Morgan fingerprint density at radius 3 is 2.54 bits per heavy atom. The van der Waals surface area contributed by atoms with E-state index in [2.05, 4.69) is 11.4 Å². The largest absolute Gasteiger partial charge is 0.494 e.